The number of nitrogens with two attached hydrogens (primary N) is 2. The van der Waals surface area contributed by atoms with Gasteiger partial charge in [0.2, 0.25) is 5.91 Å². The fourth-order valence-electron chi connectivity index (χ4n) is 1.34. The van der Waals surface area contributed by atoms with E-state index in [2.05, 4.69) is 0 Å². The van der Waals surface area contributed by atoms with Gasteiger partial charge in [0, 0.05) is 6.42 Å². The smallest absolute Gasteiger partial charge is 0.234 e. The summed E-state index contributed by atoms with van der Waals surface area (Å²) in [5, 5.41) is 0. The molecule has 0 saturated carbocycles. The van der Waals surface area contributed by atoms with Crippen LogP contribution in [0.1, 0.15) is 19.8 Å². The third kappa shape index (κ3) is 4.63. The maximum Gasteiger partial charge on any atom is 0.234 e. The zero-order valence-corrected chi connectivity index (χ0v) is 10.6. The van der Waals surface area contributed by atoms with Crippen LogP contribution in [0, 0.1) is 0 Å². The van der Waals surface area contributed by atoms with E-state index >= 15 is 0 Å². The maximum atomic E-state index is 10.8. The molecular weight excluding hydrogens is 232 g/mol. The summed E-state index contributed by atoms with van der Waals surface area (Å²) in [5.74, 6) is 0.837. The van der Waals surface area contributed by atoms with E-state index in [1.807, 2.05) is 31.2 Å². The molecule has 0 aliphatic rings. The largest absolute Gasteiger partial charge is 0.490 e. The van der Waals surface area contributed by atoms with Gasteiger partial charge in [-0.25, -0.2) is 0 Å². The van der Waals surface area contributed by atoms with Gasteiger partial charge >= 0.3 is 0 Å². The lowest BCUT2D eigenvalue weighted by molar-refractivity contribution is -0.119. The minimum absolute atomic E-state index is 0.330. The highest BCUT2D eigenvalue weighted by molar-refractivity contribution is 5.79. The topological polar surface area (TPSA) is 87.6 Å². The minimum atomic E-state index is -0.672. The molecule has 0 fully saturated rings. The summed E-state index contributed by atoms with van der Waals surface area (Å²) in [5.41, 5.74) is 10.6. The Hall–Kier alpha value is -1.75. The Morgan fingerprint density at radius 3 is 2.28 bits per heavy atom. The molecule has 0 aliphatic carbocycles. The van der Waals surface area contributed by atoms with Crippen molar-refractivity contribution in [2.75, 3.05) is 13.2 Å². The van der Waals surface area contributed by atoms with Crippen LogP contribution in [0.25, 0.3) is 0 Å². The predicted molar refractivity (Wildman–Crippen MR) is 69.5 cm³/mol. The third-order valence-corrected chi connectivity index (χ3v) is 2.36. The first-order valence-corrected chi connectivity index (χ1v) is 6.04. The van der Waals surface area contributed by atoms with Crippen molar-refractivity contribution < 1.29 is 14.3 Å². The van der Waals surface area contributed by atoms with E-state index < -0.39 is 11.9 Å². The molecule has 1 aromatic carbocycles. The number of hydrogen-bond acceptors (Lipinski definition) is 4. The Morgan fingerprint density at radius 1 is 1.22 bits per heavy atom. The second-order valence-electron chi connectivity index (χ2n) is 3.94. The zero-order valence-electron chi connectivity index (χ0n) is 10.6. The fraction of sp³-hybridized carbons (Fsp3) is 0.462. The molecule has 1 aromatic rings. The monoisotopic (exact) mass is 252 g/mol. The third-order valence-electron chi connectivity index (χ3n) is 2.36. The van der Waals surface area contributed by atoms with Gasteiger partial charge in [-0.1, -0.05) is 19.1 Å². The van der Waals surface area contributed by atoms with Gasteiger partial charge in [0.25, 0.3) is 0 Å². The van der Waals surface area contributed by atoms with Crippen LogP contribution in [-0.4, -0.2) is 25.2 Å². The van der Waals surface area contributed by atoms with Crippen LogP contribution in [0.2, 0.25) is 0 Å². The molecule has 5 heteroatoms. The van der Waals surface area contributed by atoms with Gasteiger partial charge in [-0.2, -0.15) is 0 Å². The molecule has 1 rings (SSSR count). The van der Waals surface area contributed by atoms with E-state index in [-0.39, 0.29) is 0 Å². The van der Waals surface area contributed by atoms with Crippen LogP contribution in [0.5, 0.6) is 11.5 Å². The summed E-state index contributed by atoms with van der Waals surface area (Å²) in [7, 11) is 0. The summed E-state index contributed by atoms with van der Waals surface area (Å²) in [6.07, 6.45) is 1.32. The van der Waals surface area contributed by atoms with Crippen LogP contribution >= 0.6 is 0 Å². The highest BCUT2D eigenvalue weighted by Crippen LogP contribution is 2.26. The number of para-hydroxylation sites is 2. The van der Waals surface area contributed by atoms with Crippen molar-refractivity contribution >= 4 is 5.91 Å². The molecule has 0 spiro atoms. The zero-order chi connectivity index (χ0) is 13.4. The summed E-state index contributed by atoms with van der Waals surface area (Å²) in [6.45, 7) is 3.01. The van der Waals surface area contributed by atoms with Crippen molar-refractivity contribution in [3.8, 4) is 11.5 Å². The number of primary amides is 1. The highest BCUT2D eigenvalue weighted by Gasteiger charge is 2.10. The van der Waals surface area contributed by atoms with E-state index in [0.29, 0.717) is 31.1 Å². The standard InChI is InChI=1S/C13H20N2O3/c1-2-8-17-11-5-3-4-6-12(11)18-9-7-10(14)13(15)16/h3-6,10H,2,7-9,14H2,1H3,(H2,15,16). The van der Waals surface area contributed by atoms with Crippen molar-refractivity contribution in [3.05, 3.63) is 24.3 Å². The number of rotatable bonds is 8. The van der Waals surface area contributed by atoms with E-state index in [4.69, 9.17) is 20.9 Å². The molecule has 0 saturated heterocycles. The van der Waals surface area contributed by atoms with Crippen molar-refractivity contribution in [1.82, 2.24) is 0 Å². The lowest BCUT2D eigenvalue weighted by atomic mass is 10.2. The summed E-state index contributed by atoms with van der Waals surface area (Å²) in [6, 6.07) is 6.74. The Morgan fingerprint density at radius 2 is 1.78 bits per heavy atom. The van der Waals surface area contributed by atoms with Gasteiger partial charge in [-0.05, 0) is 18.6 Å². The van der Waals surface area contributed by atoms with Crippen molar-refractivity contribution in [2.45, 2.75) is 25.8 Å². The maximum absolute atomic E-state index is 10.8. The normalized spacial score (nSPS) is 11.9. The summed E-state index contributed by atoms with van der Waals surface area (Å²) < 4.78 is 11.1. The lowest BCUT2D eigenvalue weighted by Gasteiger charge is -2.13. The summed E-state index contributed by atoms with van der Waals surface area (Å²) >= 11 is 0. The van der Waals surface area contributed by atoms with Crippen molar-refractivity contribution in [3.63, 3.8) is 0 Å². The van der Waals surface area contributed by atoms with Crippen molar-refractivity contribution in [2.24, 2.45) is 11.5 Å². The highest BCUT2D eigenvalue weighted by atomic mass is 16.5. The molecule has 0 heterocycles. The van der Waals surface area contributed by atoms with Gasteiger partial charge in [0.15, 0.2) is 11.5 Å². The first-order chi connectivity index (χ1) is 8.65. The van der Waals surface area contributed by atoms with E-state index in [0.717, 1.165) is 6.42 Å². The molecule has 4 N–H and O–H groups in total. The van der Waals surface area contributed by atoms with E-state index in [9.17, 15) is 4.79 Å². The first kappa shape index (κ1) is 14.3. The molecule has 0 radical (unpaired) electrons. The molecule has 5 nitrogen and oxygen atoms in total. The Labute approximate surface area is 107 Å². The fourth-order valence-corrected chi connectivity index (χ4v) is 1.34. The molecule has 1 atom stereocenters. The van der Waals surface area contributed by atoms with Crippen LogP contribution < -0.4 is 20.9 Å². The van der Waals surface area contributed by atoms with Crippen LogP contribution in [-0.2, 0) is 4.79 Å². The quantitative estimate of drug-likeness (QED) is 0.724. The number of benzene rings is 1. The molecular formula is C13H20N2O3. The van der Waals surface area contributed by atoms with Crippen LogP contribution in [0.3, 0.4) is 0 Å². The van der Waals surface area contributed by atoms with Gasteiger partial charge < -0.3 is 20.9 Å². The molecule has 1 amide bonds. The number of hydrogen-bond donors (Lipinski definition) is 2. The van der Waals surface area contributed by atoms with Gasteiger partial charge in [-0.3, -0.25) is 4.79 Å². The van der Waals surface area contributed by atoms with Gasteiger partial charge in [0.1, 0.15) is 0 Å². The van der Waals surface area contributed by atoms with Gasteiger partial charge in [-0.15, -0.1) is 0 Å². The number of amides is 1. The predicted octanol–water partition coefficient (Wildman–Crippen LogP) is 1.06. The summed E-state index contributed by atoms with van der Waals surface area (Å²) in [4.78, 5) is 10.8. The van der Waals surface area contributed by atoms with Crippen molar-refractivity contribution in [1.29, 1.82) is 0 Å². The average molecular weight is 252 g/mol. The minimum Gasteiger partial charge on any atom is -0.490 e. The molecule has 1 unspecified atom stereocenters. The molecule has 0 bridgehead atoms. The van der Waals surface area contributed by atoms with Crippen LogP contribution in [0.15, 0.2) is 24.3 Å². The number of carbonyl (C=O) groups is 1. The Balaban J connectivity index is 2.48. The second-order valence-corrected chi connectivity index (χ2v) is 3.94. The Bertz CT molecular complexity index is 382. The average Bonchev–Trinajstić information content (AvgIpc) is 2.37. The number of carbonyl (C=O) groups excluding carboxylic acids is 1. The second kappa shape index (κ2) is 7.55. The van der Waals surface area contributed by atoms with E-state index in [1.54, 1.807) is 0 Å². The molecule has 100 valence electrons. The van der Waals surface area contributed by atoms with Gasteiger partial charge in [0.05, 0.1) is 19.3 Å². The molecule has 18 heavy (non-hydrogen) atoms. The Kier molecular flexibility index (Phi) is 6.00. The SMILES string of the molecule is CCCOc1ccccc1OCCC(N)C(N)=O. The van der Waals surface area contributed by atoms with E-state index in [1.165, 1.54) is 0 Å². The molecule has 0 aromatic heterocycles. The molecule has 0 aliphatic heterocycles. The lowest BCUT2D eigenvalue weighted by Crippen LogP contribution is -2.37. The number of ether oxygens (including phenoxy) is 2. The first-order valence-electron chi connectivity index (χ1n) is 6.04. The van der Waals surface area contributed by atoms with Crippen LogP contribution in [0.4, 0.5) is 0 Å².